The predicted molar refractivity (Wildman–Crippen MR) is 77.2 cm³/mol. The lowest BCUT2D eigenvalue weighted by atomic mass is 9.98. The summed E-state index contributed by atoms with van der Waals surface area (Å²) < 4.78 is 32.5. The number of carbonyl (C=O) groups is 2. The number of carboxylic acid groups (broad SMARTS) is 1. The number of hydrogen-bond acceptors (Lipinski definition) is 5. The number of aliphatic carboxylic acids is 1. The maximum Gasteiger partial charge on any atom is 0.309 e. The van der Waals surface area contributed by atoms with Crippen LogP contribution in [0.2, 0.25) is 0 Å². The summed E-state index contributed by atoms with van der Waals surface area (Å²) in [5.74, 6) is -2.12. The molecule has 0 radical (unpaired) electrons. The lowest BCUT2D eigenvalue weighted by Gasteiger charge is -2.32. The van der Waals surface area contributed by atoms with Gasteiger partial charge in [0.25, 0.3) is 10.2 Å². The standard InChI is InChI=1S/C13H22N2O6S/c1-2-21-13(18)10-3-6-14(7-4-10)22(19,20)15-8-5-11(9-15)12(16)17/h10-11H,2-9H2,1H3,(H,16,17). The fourth-order valence-electron chi connectivity index (χ4n) is 2.88. The summed E-state index contributed by atoms with van der Waals surface area (Å²) in [7, 11) is -3.64. The summed E-state index contributed by atoms with van der Waals surface area (Å²) in [5, 5.41) is 8.97. The lowest BCUT2D eigenvalue weighted by molar-refractivity contribution is -0.149. The molecular weight excluding hydrogens is 312 g/mol. The molecule has 1 N–H and O–H groups in total. The minimum atomic E-state index is -3.64. The van der Waals surface area contributed by atoms with E-state index in [1.165, 1.54) is 8.61 Å². The van der Waals surface area contributed by atoms with Crippen LogP contribution in [0.5, 0.6) is 0 Å². The van der Waals surface area contributed by atoms with Gasteiger partial charge in [-0.05, 0) is 26.2 Å². The second-order valence-corrected chi connectivity index (χ2v) is 7.54. The zero-order valence-corrected chi connectivity index (χ0v) is 13.4. The molecule has 0 aromatic carbocycles. The molecule has 8 nitrogen and oxygen atoms in total. The first-order valence-corrected chi connectivity index (χ1v) is 8.90. The van der Waals surface area contributed by atoms with E-state index in [1.807, 2.05) is 0 Å². The highest BCUT2D eigenvalue weighted by Gasteiger charge is 2.40. The fraction of sp³-hybridized carbons (Fsp3) is 0.846. The number of piperidine rings is 1. The molecule has 0 saturated carbocycles. The number of esters is 1. The zero-order valence-electron chi connectivity index (χ0n) is 12.6. The van der Waals surface area contributed by atoms with Crippen molar-refractivity contribution in [3.05, 3.63) is 0 Å². The van der Waals surface area contributed by atoms with Crippen LogP contribution < -0.4 is 0 Å². The van der Waals surface area contributed by atoms with Crippen LogP contribution in [0.4, 0.5) is 0 Å². The Morgan fingerprint density at radius 1 is 1.09 bits per heavy atom. The van der Waals surface area contributed by atoms with Crippen LogP contribution in [-0.4, -0.2) is 66.9 Å². The van der Waals surface area contributed by atoms with E-state index in [0.29, 0.717) is 25.9 Å². The average molecular weight is 334 g/mol. The van der Waals surface area contributed by atoms with E-state index in [2.05, 4.69) is 0 Å². The highest BCUT2D eigenvalue weighted by molar-refractivity contribution is 7.86. The molecule has 0 aromatic rings. The average Bonchev–Trinajstić information content (AvgIpc) is 2.98. The Kier molecular flexibility index (Phi) is 5.41. The van der Waals surface area contributed by atoms with Crippen molar-refractivity contribution in [1.29, 1.82) is 0 Å². The zero-order chi connectivity index (χ0) is 16.3. The van der Waals surface area contributed by atoms with Crippen molar-refractivity contribution in [1.82, 2.24) is 8.61 Å². The minimum absolute atomic E-state index is 0.0233. The van der Waals surface area contributed by atoms with Gasteiger partial charge in [0.2, 0.25) is 0 Å². The molecule has 0 amide bonds. The van der Waals surface area contributed by atoms with Crippen molar-refractivity contribution < 1.29 is 27.9 Å². The lowest BCUT2D eigenvalue weighted by Crippen LogP contribution is -2.47. The third-order valence-corrected chi connectivity index (χ3v) is 6.23. The highest BCUT2D eigenvalue weighted by atomic mass is 32.2. The molecule has 9 heteroatoms. The molecule has 2 aliphatic heterocycles. The van der Waals surface area contributed by atoms with E-state index in [9.17, 15) is 18.0 Å². The third-order valence-electron chi connectivity index (χ3n) is 4.23. The van der Waals surface area contributed by atoms with Crippen molar-refractivity contribution in [2.75, 3.05) is 32.8 Å². The van der Waals surface area contributed by atoms with Gasteiger partial charge in [-0.2, -0.15) is 17.0 Å². The molecule has 2 fully saturated rings. The van der Waals surface area contributed by atoms with Crippen LogP contribution in [0.15, 0.2) is 0 Å². The number of nitrogens with zero attached hydrogens (tertiary/aromatic N) is 2. The van der Waals surface area contributed by atoms with Gasteiger partial charge < -0.3 is 9.84 Å². The molecule has 2 heterocycles. The van der Waals surface area contributed by atoms with Crippen molar-refractivity contribution in [3.63, 3.8) is 0 Å². The smallest absolute Gasteiger partial charge is 0.309 e. The first-order chi connectivity index (χ1) is 10.4. The normalized spacial score (nSPS) is 25.2. The van der Waals surface area contributed by atoms with E-state index >= 15 is 0 Å². The Bertz CT molecular complexity index is 527. The molecule has 1 unspecified atom stereocenters. The van der Waals surface area contributed by atoms with Gasteiger partial charge in [0, 0.05) is 26.2 Å². The molecule has 126 valence electrons. The van der Waals surface area contributed by atoms with Gasteiger partial charge >= 0.3 is 11.9 Å². The summed E-state index contributed by atoms with van der Waals surface area (Å²) in [5.41, 5.74) is 0. The van der Waals surface area contributed by atoms with Gasteiger partial charge in [0.05, 0.1) is 18.4 Å². The molecule has 0 bridgehead atoms. The summed E-state index contributed by atoms with van der Waals surface area (Å²) in [4.78, 5) is 22.6. The van der Waals surface area contributed by atoms with Crippen LogP contribution in [0.3, 0.4) is 0 Å². The topological polar surface area (TPSA) is 104 Å². The van der Waals surface area contributed by atoms with Crippen LogP contribution in [0, 0.1) is 11.8 Å². The van der Waals surface area contributed by atoms with Crippen LogP contribution in [0.1, 0.15) is 26.2 Å². The summed E-state index contributed by atoms with van der Waals surface area (Å²) >= 11 is 0. The fourth-order valence-corrected chi connectivity index (χ4v) is 4.59. The van der Waals surface area contributed by atoms with Crippen LogP contribution in [0.25, 0.3) is 0 Å². The van der Waals surface area contributed by atoms with Gasteiger partial charge in [-0.3, -0.25) is 9.59 Å². The monoisotopic (exact) mass is 334 g/mol. The number of hydrogen-bond donors (Lipinski definition) is 1. The first-order valence-electron chi connectivity index (χ1n) is 7.51. The highest BCUT2D eigenvalue weighted by Crippen LogP contribution is 2.26. The molecule has 0 aromatic heterocycles. The maximum absolute atomic E-state index is 12.5. The molecule has 1 atom stereocenters. The molecular formula is C13H22N2O6S. The van der Waals surface area contributed by atoms with Crippen molar-refractivity contribution in [2.45, 2.75) is 26.2 Å². The van der Waals surface area contributed by atoms with E-state index in [1.54, 1.807) is 6.92 Å². The van der Waals surface area contributed by atoms with Gasteiger partial charge in [-0.25, -0.2) is 0 Å². The maximum atomic E-state index is 12.5. The van der Waals surface area contributed by atoms with E-state index in [4.69, 9.17) is 9.84 Å². The van der Waals surface area contributed by atoms with E-state index in [0.717, 1.165) is 0 Å². The summed E-state index contributed by atoms with van der Waals surface area (Å²) in [6.45, 7) is 2.85. The van der Waals surface area contributed by atoms with Crippen molar-refractivity contribution >= 4 is 22.1 Å². The number of ether oxygens (including phenoxy) is 1. The Morgan fingerprint density at radius 3 is 2.14 bits per heavy atom. The van der Waals surface area contributed by atoms with Gasteiger partial charge in [0.1, 0.15) is 0 Å². The Labute approximate surface area is 130 Å². The molecule has 22 heavy (non-hydrogen) atoms. The van der Waals surface area contributed by atoms with Crippen molar-refractivity contribution in [2.24, 2.45) is 11.8 Å². The SMILES string of the molecule is CCOC(=O)C1CCN(S(=O)(=O)N2CCC(C(=O)O)C2)CC1. The van der Waals surface area contributed by atoms with E-state index in [-0.39, 0.29) is 38.1 Å². The van der Waals surface area contributed by atoms with E-state index < -0.39 is 22.1 Å². The second kappa shape index (κ2) is 6.93. The largest absolute Gasteiger partial charge is 0.481 e. The molecule has 2 saturated heterocycles. The molecule has 2 rings (SSSR count). The molecule has 2 aliphatic rings. The van der Waals surface area contributed by atoms with Crippen LogP contribution in [-0.2, 0) is 24.5 Å². The van der Waals surface area contributed by atoms with Gasteiger partial charge in [-0.1, -0.05) is 0 Å². The van der Waals surface area contributed by atoms with Gasteiger partial charge in [0.15, 0.2) is 0 Å². The first kappa shape index (κ1) is 17.2. The number of carboxylic acids is 1. The predicted octanol–water partition coefficient (Wildman–Crippen LogP) is -0.0872. The van der Waals surface area contributed by atoms with Gasteiger partial charge in [-0.15, -0.1) is 0 Å². The molecule has 0 aliphatic carbocycles. The minimum Gasteiger partial charge on any atom is -0.481 e. The summed E-state index contributed by atoms with van der Waals surface area (Å²) in [6.07, 6.45) is 1.22. The number of carbonyl (C=O) groups excluding carboxylic acids is 1. The quantitative estimate of drug-likeness (QED) is 0.705. The van der Waals surface area contributed by atoms with Crippen LogP contribution >= 0.6 is 0 Å². The Hall–Kier alpha value is -1.19. The third kappa shape index (κ3) is 3.58. The number of rotatable bonds is 5. The second-order valence-electron chi connectivity index (χ2n) is 5.61. The molecule has 0 spiro atoms. The Morgan fingerprint density at radius 2 is 1.64 bits per heavy atom. The summed E-state index contributed by atoms with van der Waals surface area (Å²) in [6, 6.07) is 0. The van der Waals surface area contributed by atoms with Crippen molar-refractivity contribution in [3.8, 4) is 0 Å². The Balaban J connectivity index is 1.93.